The lowest BCUT2D eigenvalue weighted by Crippen LogP contribution is -2.27. The molecule has 0 fully saturated rings. The van der Waals surface area contributed by atoms with Crippen molar-refractivity contribution in [2.24, 2.45) is 0 Å². The van der Waals surface area contributed by atoms with Gasteiger partial charge in [0.25, 0.3) is 5.56 Å². The second-order valence-electron chi connectivity index (χ2n) is 5.66. The molecule has 1 N–H and O–H groups in total. The molecule has 0 aliphatic rings. The topological polar surface area (TPSA) is 64.0 Å². The normalized spacial score (nSPS) is 10.5. The van der Waals surface area contributed by atoms with E-state index in [9.17, 15) is 9.59 Å². The first-order chi connectivity index (χ1) is 12.0. The minimum absolute atomic E-state index is 0.0966. The van der Waals surface area contributed by atoms with Crippen molar-refractivity contribution < 1.29 is 4.79 Å². The number of benzene rings is 2. The number of carbonyl (C=O) groups excluding carboxylic acids is 1. The van der Waals surface area contributed by atoms with E-state index < -0.39 is 0 Å². The summed E-state index contributed by atoms with van der Waals surface area (Å²) in [5, 5.41) is 3.39. The summed E-state index contributed by atoms with van der Waals surface area (Å²) in [6, 6.07) is 15.9. The van der Waals surface area contributed by atoms with Gasteiger partial charge in [-0.25, -0.2) is 4.98 Å². The molecule has 25 heavy (non-hydrogen) atoms. The van der Waals surface area contributed by atoms with Crippen LogP contribution in [-0.2, 0) is 11.3 Å². The molecule has 126 valence electrons. The number of rotatable bonds is 4. The van der Waals surface area contributed by atoms with Crippen LogP contribution in [0.1, 0.15) is 5.56 Å². The molecule has 0 radical (unpaired) electrons. The Balaban J connectivity index is 1.74. The first kappa shape index (κ1) is 16.9. The van der Waals surface area contributed by atoms with Gasteiger partial charge in [0.05, 0.1) is 12.0 Å². The average Bonchev–Trinajstić information content (AvgIpc) is 2.57. The van der Waals surface area contributed by atoms with Crippen molar-refractivity contribution in [3.8, 4) is 11.3 Å². The maximum atomic E-state index is 12.2. The molecule has 0 aliphatic heterocycles. The number of carbonyl (C=O) groups is 1. The molecule has 0 atom stereocenters. The molecular formula is C19H16ClN3O2. The predicted octanol–water partition coefficient (Wildman–Crippen LogP) is 3.51. The summed E-state index contributed by atoms with van der Waals surface area (Å²) >= 11 is 5.86. The van der Waals surface area contributed by atoms with Crippen molar-refractivity contribution in [3.05, 3.63) is 81.9 Å². The lowest BCUT2D eigenvalue weighted by Gasteiger charge is -2.08. The van der Waals surface area contributed by atoms with Crippen LogP contribution >= 0.6 is 11.6 Å². The Morgan fingerprint density at radius 1 is 1.16 bits per heavy atom. The molecule has 0 saturated heterocycles. The fourth-order valence-corrected chi connectivity index (χ4v) is 2.53. The number of hydrogen-bond acceptors (Lipinski definition) is 3. The van der Waals surface area contributed by atoms with E-state index in [1.54, 1.807) is 30.3 Å². The zero-order valence-electron chi connectivity index (χ0n) is 13.6. The molecule has 0 spiro atoms. The van der Waals surface area contributed by atoms with Gasteiger partial charge >= 0.3 is 0 Å². The summed E-state index contributed by atoms with van der Waals surface area (Å²) in [6.07, 6.45) is 1.38. The highest BCUT2D eigenvalue weighted by Crippen LogP contribution is 2.18. The number of nitrogens with one attached hydrogen (secondary N) is 1. The molecule has 1 heterocycles. The smallest absolute Gasteiger partial charge is 0.254 e. The quantitative estimate of drug-likeness (QED) is 0.780. The first-order valence-corrected chi connectivity index (χ1v) is 8.08. The Morgan fingerprint density at radius 2 is 1.92 bits per heavy atom. The number of anilines is 1. The molecule has 1 aromatic heterocycles. The van der Waals surface area contributed by atoms with Gasteiger partial charge in [-0.1, -0.05) is 35.9 Å². The summed E-state index contributed by atoms with van der Waals surface area (Å²) in [4.78, 5) is 28.6. The average molecular weight is 354 g/mol. The third-order valence-electron chi connectivity index (χ3n) is 3.64. The van der Waals surface area contributed by atoms with Gasteiger partial charge in [-0.3, -0.25) is 14.2 Å². The van der Waals surface area contributed by atoms with Crippen molar-refractivity contribution in [2.75, 3.05) is 5.32 Å². The van der Waals surface area contributed by atoms with E-state index >= 15 is 0 Å². The zero-order valence-corrected chi connectivity index (χ0v) is 14.3. The maximum Gasteiger partial charge on any atom is 0.254 e. The molecule has 6 heteroatoms. The minimum Gasteiger partial charge on any atom is -0.325 e. The summed E-state index contributed by atoms with van der Waals surface area (Å²) in [6.45, 7) is 1.85. The third kappa shape index (κ3) is 4.33. The van der Waals surface area contributed by atoms with E-state index in [1.807, 2.05) is 25.1 Å². The van der Waals surface area contributed by atoms with Gasteiger partial charge in [-0.05, 0) is 36.8 Å². The number of aromatic nitrogens is 2. The first-order valence-electron chi connectivity index (χ1n) is 7.70. The van der Waals surface area contributed by atoms with Crippen LogP contribution in [0.25, 0.3) is 11.3 Å². The molecule has 1 amide bonds. The fraction of sp³-hybridized carbons (Fsp3) is 0.105. The number of amides is 1. The molecule has 0 unspecified atom stereocenters. The van der Waals surface area contributed by atoms with Crippen molar-refractivity contribution in [2.45, 2.75) is 13.5 Å². The van der Waals surface area contributed by atoms with Crippen LogP contribution in [0.5, 0.6) is 0 Å². The summed E-state index contributed by atoms with van der Waals surface area (Å²) in [7, 11) is 0. The van der Waals surface area contributed by atoms with Gasteiger partial charge in [-0.2, -0.15) is 0 Å². The molecule has 3 rings (SSSR count). The van der Waals surface area contributed by atoms with E-state index in [1.165, 1.54) is 17.0 Å². The van der Waals surface area contributed by atoms with E-state index in [0.717, 1.165) is 11.1 Å². The Hall–Kier alpha value is -2.92. The molecule has 0 aliphatic carbocycles. The Bertz CT molecular complexity index is 965. The molecule has 2 aromatic carbocycles. The summed E-state index contributed by atoms with van der Waals surface area (Å²) in [5.74, 6) is -0.284. The molecule has 0 bridgehead atoms. The molecular weight excluding hydrogens is 338 g/mol. The second kappa shape index (κ2) is 7.32. The highest BCUT2D eigenvalue weighted by Gasteiger charge is 2.08. The lowest BCUT2D eigenvalue weighted by molar-refractivity contribution is -0.116. The van der Waals surface area contributed by atoms with Gasteiger partial charge in [0.15, 0.2) is 0 Å². The largest absolute Gasteiger partial charge is 0.325 e. The van der Waals surface area contributed by atoms with Crippen molar-refractivity contribution in [1.29, 1.82) is 0 Å². The Kier molecular flexibility index (Phi) is 4.95. The lowest BCUT2D eigenvalue weighted by atomic mass is 10.1. The van der Waals surface area contributed by atoms with Crippen LogP contribution in [0, 0.1) is 6.92 Å². The van der Waals surface area contributed by atoms with Gasteiger partial charge < -0.3 is 5.32 Å². The van der Waals surface area contributed by atoms with E-state index in [-0.39, 0.29) is 18.0 Å². The number of halogens is 1. The Morgan fingerprint density at radius 3 is 2.60 bits per heavy atom. The summed E-state index contributed by atoms with van der Waals surface area (Å²) < 4.78 is 1.27. The van der Waals surface area contributed by atoms with Crippen molar-refractivity contribution >= 4 is 23.2 Å². The van der Waals surface area contributed by atoms with Crippen LogP contribution in [-0.4, -0.2) is 15.5 Å². The van der Waals surface area contributed by atoms with Gasteiger partial charge in [0.1, 0.15) is 6.54 Å². The Labute approximate surface area is 149 Å². The van der Waals surface area contributed by atoms with E-state index in [2.05, 4.69) is 10.3 Å². The number of hydrogen-bond donors (Lipinski definition) is 1. The predicted molar refractivity (Wildman–Crippen MR) is 98.8 cm³/mol. The monoisotopic (exact) mass is 353 g/mol. The van der Waals surface area contributed by atoms with Crippen LogP contribution in [0.3, 0.4) is 0 Å². The number of aryl methyl sites for hydroxylation is 1. The highest BCUT2D eigenvalue weighted by atomic mass is 35.5. The van der Waals surface area contributed by atoms with Gasteiger partial charge in [-0.15, -0.1) is 0 Å². The van der Waals surface area contributed by atoms with E-state index in [4.69, 9.17) is 11.6 Å². The molecule has 0 saturated carbocycles. The third-order valence-corrected chi connectivity index (χ3v) is 3.89. The SMILES string of the molecule is Cc1cccc(NC(=O)Cn2cnc(-c3ccc(Cl)cc3)cc2=O)c1. The van der Waals surface area contributed by atoms with Crippen LogP contribution in [0.15, 0.2) is 65.7 Å². The van der Waals surface area contributed by atoms with Crippen molar-refractivity contribution in [1.82, 2.24) is 9.55 Å². The highest BCUT2D eigenvalue weighted by molar-refractivity contribution is 6.30. The van der Waals surface area contributed by atoms with Crippen LogP contribution < -0.4 is 10.9 Å². The molecule has 5 nitrogen and oxygen atoms in total. The molecule has 3 aromatic rings. The number of nitrogens with zero attached hydrogens (tertiary/aromatic N) is 2. The second-order valence-corrected chi connectivity index (χ2v) is 6.10. The van der Waals surface area contributed by atoms with Crippen molar-refractivity contribution in [3.63, 3.8) is 0 Å². The zero-order chi connectivity index (χ0) is 17.8. The van der Waals surface area contributed by atoms with Crippen LogP contribution in [0.2, 0.25) is 5.02 Å². The fourth-order valence-electron chi connectivity index (χ4n) is 2.40. The van der Waals surface area contributed by atoms with E-state index in [0.29, 0.717) is 16.4 Å². The maximum absolute atomic E-state index is 12.2. The standard InChI is InChI=1S/C19H16ClN3O2/c1-13-3-2-4-16(9-13)22-18(24)11-23-12-21-17(10-19(23)25)14-5-7-15(20)8-6-14/h2-10,12H,11H2,1H3,(H,22,24). The summed E-state index contributed by atoms with van der Waals surface area (Å²) in [5.41, 5.74) is 2.78. The van der Waals surface area contributed by atoms with Gasteiger partial charge in [0.2, 0.25) is 5.91 Å². The van der Waals surface area contributed by atoms with Gasteiger partial charge in [0, 0.05) is 22.3 Å². The van der Waals surface area contributed by atoms with Crippen LogP contribution in [0.4, 0.5) is 5.69 Å². The minimum atomic E-state index is -0.292.